The van der Waals surface area contributed by atoms with Crippen LogP contribution in [-0.2, 0) is 0 Å². The minimum Gasteiger partial charge on any atom is -0.497 e. The summed E-state index contributed by atoms with van der Waals surface area (Å²) >= 11 is 0. The van der Waals surface area contributed by atoms with Crippen LogP contribution in [0.1, 0.15) is 17.3 Å². The second-order valence-corrected chi connectivity index (χ2v) is 7.30. The second kappa shape index (κ2) is 8.99. The first-order chi connectivity index (χ1) is 15.0. The number of piperazine rings is 1. The number of carbonyl (C=O) groups is 1. The summed E-state index contributed by atoms with van der Waals surface area (Å²) < 4.78 is 24.2. The summed E-state index contributed by atoms with van der Waals surface area (Å²) in [5, 5.41) is 0. The van der Waals surface area contributed by atoms with Gasteiger partial charge in [-0.2, -0.15) is 0 Å². The number of hydrogen-bond donors (Lipinski definition) is 0. The number of rotatable bonds is 5. The summed E-state index contributed by atoms with van der Waals surface area (Å²) in [6.45, 7) is 3.83. The van der Waals surface area contributed by atoms with Gasteiger partial charge in [-0.15, -0.1) is 0 Å². The van der Waals surface area contributed by atoms with Crippen molar-refractivity contribution in [2.75, 3.05) is 31.6 Å². The van der Waals surface area contributed by atoms with Gasteiger partial charge in [0.25, 0.3) is 5.91 Å². The van der Waals surface area contributed by atoms with Crippen LogP contribution in [-0.4, -0.2) is 53.6 Å². The van der Waals surface area contributed by atoms with Crippen molar-refractivity contribution in [3.8, 4) is 17.4 Å². The largest absolute Gasteiger partial charge is 0.497 e. The number of ether oxygens (including phenoxy) is 2. The summed E-state index contributed by atoms with van der Waals surface area (Å²) in [7, 11) is 1.60. The molecular formula is C23H23FN4O3. The van der Waals surface area contributed by atoms with Crippen molar-refractivity contribution < 1.29 is 18.7 Å². The van der Waals surface area contributed by atoms with Crippen molar-refractivity contribution >= 4 is 11.7 Å². The summed E-state index contributed by atoms with van der Waals surface area (Å²) in [6.07, 6.45) is 1.42. The minimum absolute atomic E-state index is 0.00684. The number of nitrogens with zero attached hydrogens (tertiary/aromatic N) is 4. The van der Waals surface area contributed by atoms with Gasteiger partial charge in [0, 0.05) is 43.4 Å². The maximum Gasteiger partial charge on any atom is 0.254 e. The molecule has 0 saturated carbocycles. The number of aromatic nitrogens is 2. The average Bonchev–Trinajstić information content (AvgIpc) is 2.79. The van der Waals surface area contributed by atoms with Crippen molar-refractivity contribution in [2.45, 2.75) is 13.0 Å². The molecule has 0 unspecified atom stereocenters. The van der Waals surface area contributed by atoms with E-state index in [1.807, 2.05) is 11.8 Å². The summed E-state index contributed by atoms with van der Waals surface area (Å²) in [5.74, 6) is 1.73. The van der Waals surface area contributed by atoms with Gasteiger partial charge in [-0.05, 0) is 43.3 Å². The van der Waals surface area contributed by atoms with Gasteiger partial charge in [-0.1, -0.05) is 6.07 Å². The van der Waals surface area contributed by atoms with E-state index in [1.165, 1.54) is 18.5 Å². The molecule has 7 nitrogen and oxygen atoms in total. The zero-order valence-electron chi connectivity index (χ0n) is 17.4. The van der Waals surface area contributed by atoms with Crippen LogP contribution >= 0.6 is 0 Å². The fraction of sp³-hybridized carbons (Fsp3) is 0.261. The Bertz CT molecular complexity index is 1060. The zero-order chi connectivity index (χ0) is 21.8. The maximum atomic E-state index is 13.4. The van der Waals surface area contributed by atoms with Crippen LogP contribution in [0.4, 0.5) is 10.2 Å². The lowest BCUT2D eigenvalue weighted by atomic mass is 10.1. The molecule has 31 heavy (non-hydrogen) atoms. The average molecular weight is 422 g/mol. The van der Waals surface area contributed by atoms with Gasteiger partial charge in [0.05, 0.1) is 7.11 Å². The van der Waals surface area contributed by atoms with E-state index in [-0.39, 0.29) is 17.8 Å². The van der Waals surface area contributed by atoms with E-state index in [1.54, 1.807) is 49.6 Å². The molecule has 0 radical (unpaired) electrons. The Labute approximate surface area is 180 Å². The third kappa shape index (κ3) is 4.74. The molecule has 0 bridgehead atoms. The standard InChI is InChI=1S/C23H23FN4O3/c1-16-14-27(10-11-28(16)23(29)17-6-8-19(30-2)9-7-17)21-13-22(26-15-25-21)31-20-5-3-4-18(24)12-20/h3-9,12-13,15-16H,10-11,14H2,1-2H3/t16-/m0/s1. The summed E-state index contributed by atoms with van der Waals surface area (Å²) in [6, 6.07) is 14.7. The lowest BCUT2D eigenvalue weighted by Crippen LogP contribution is -2.54. The molecule has 0 N–H and O–H groups in total. The number of methoxy groups -OCH3 is 1. The second-order valence-electron chi connectivity index (χ2n) is 7.30. The highest BCUT2D eigenvalue weighted by molar-refractivity contribution is 5.94. The van der Waals surface area contributed by atoms with Crippen molar-refractivity contribution in [3.63, 3.8) is 0 Å². The van der Waals surface area contributed by atoms with Crippen molar-refractivity contribution in [3.05, 3.63) is 72.3 Å². The first-order valence-corrected chi connectivity index (χ1v) is 9.99. The number of carbonyl (C=O) groups excluding carboxylic acids is 1. The predicted octanol–water partition coefficient (Wildman–Crippen LogP) is 3.77. The van der Waals surface area contributed by atoms with Crippen molar-refractivity contribution in [1.82, 2.24) is 14.9 Å². The predicted molar refractivity (Wildman–Crippen MR) is 114 cm³/mol. The van der Waals surface area contributed by atoms with Crippen LogP contribution in [0.3, 0.4) is 0 Å². The van der Waals surface area contributed by atoms with Crippen LogP contribution in [0.15, 0.2) is 60.9 Å². The van der Waals surface area contributed by atoms with Crippen LogP contribution in [0.2, 0.25) is 0 Å². The Morgan fingerprint density at radius 2 is 1.87 bits per heavy atom. The number of hydrogen-bond acceptors (Lipinski definition) is 6. The van der Waals surface area contributed by atoms with E-state index in [9.17, 15) is 9.18 Å². The first kappa shape index (κ1) is 20.6. The molecule has 0 spiro atoms. The molecule has 3 aromatic rings. The van der Waals surface area contributed by atoms with Crippen LogP contribution in [0, 0.1) is 5.82 Å². The molecule has 1 amide bonds. The Morgan fingerprint density at radius 1 is 1.06 bits per heavy atom. The molecule has 1 aliphatic rings. The maximum absolute atomic E-state index is 13.4. The molecule has 160 valence electrons. The molecule has 1 atom stereocenters. The third-order valence-electron chi connectivity index (χ3n) is 5.20. The Hall–Kier alpha value is -3.68. The normalized spacial score (nSPS) is 16.2. The first-order valence-electron chi connectivity index (χ1n) is 9.99. The molecule has 4 rings (SSSR count). The summed E-state index contributed by atoms with van der Waals surface area (Å²) in [5.41, 5.74) is 0.633. The van der Waals surface area contributed by atoms with Gasteiger partial charge in [0.15, 0.2) is 0 Å². The molecule has 2 aromatic carbocycles. The highest BCUT2D eigenvalue weighted by Crippen LogP contribution is 2.25. The van der Waals surface area contributed by atoms with E-state index in [0.29, 0.717) is 42.6 Å². The van der Waals surface area contributed by atoms with Crippen LogP contribution in [0.5, 0.6) is 17.4 Å². The van der Waals surface area contributed by atoms with E-state index < -0.39 is 0 Å². The monoisotopic (exact) mass is 422 g/mol. The van der Waals surface area contributed by atoms with Crippen molar-refractivity contribution in [2.24, 2.45) is 0 Å². The Morgan fingerprint density at radius 3 is 2.58 bits per heavy atom. The molecule has 8 heteroatoms. The number of anilines is 1. The molecule has 1 aromatic heterocycles. The molecule has 2 heterocycles. The van der Waals surface area contributed by atoms with E-state index in [0.717, 1.165) is 5.75 Å². The van der Waals surface area contributed by atoms with E-state index in [2.05, 4.69) is 14.9 Å². The van der Waals surface area contributed by atoms with Crippen LogP contribution in [0.25, 0.3) is 0 Å². The lowest BCUT2D eigenvalue weighted by molar-refractivity contribution is 0.0673. The van der Waals surface area contributed by atoms with Gasteiger partial charge < -0.3 is 19.3 Å². The lowest BCUT2D eigenvalue weighted by Gasteiger charge is -2.40. The zero-order valence-corrected chi connectivity index (χ0v) is 17.4. The fourth-order valence-corrected chi connectivity index (χ4v) is 3.58. The number of benzene rings is 2. The van der Waals surface area contributed by atoms with E-state index in [4.69, 9.17) is 9.47 Å². The topological polar surface area (TPSA) is 67.8 Å². The van der Waals surface area contributed by atoms with Gasteiger partial charge in [0.2, 0.25) is 5.88 Å². The molecular weight excluding hydrogens is 399 g/mol. The quantitative estimate of drug-likeness (QED) is 0.624. The van der Waals surface area contributed by atoms with Gasteiger partial charge in [-0.3, -0.25) is 4.79 Å². The molecule has 1 saturated heterocycles. The Balaban J connectivity index is 1.43. The minimum atomic E-state index is -0.377. The fourth-order valence-electron chi connectivity index (χ4n) is 3.58. The highest BCUT2D eigenvalue weighted by atomic mass is 19.1. The SMILES string of the molecule is COc1ccc(C(=O)N2CCN(c3cc(Oc4cccc(F)c4)ncn3)C[C@@H]2C)cc1. The van der Waals surface area contributed by atoms with Crippen LogP contribution < -0.4 is 14.4 Å². The molecule has 1 aliphatic heterocycles. The molecule has 0 aliphatic carbocycles. The molecule has 1 fully saturated rings. The smallest absolute Gasteiger partial charge is 0.254 e. The highest BCUT2D eigenvalue weighted by Gasteiger charge is 2.29. The van der Waals surface area contributed by atoms with Gasteiger partial charge >= 0.3 is 0 Å². The third-order valence-corrected chi connectivity index (χ3v) is 5.20. The summed E-state index contributed by atoms with van der Waals surface area (Å²) in [4.78, 5) is 25.3. The van der Waals surface area contributed by atoms with Gasteiger partial charge in [0.1, 0.15) is 29.5 Å². The van der Waals surface area contributed by atoms with Gasteiger partial charge in [-0.25, -0.2) is 14.4 Å². The Kier molecular flexibility index (Phi) is 5.97. The number of halogens is 1. The van der Waals surface area contributed by atoms with Crippen molar-refractivity contribution in [1.29, 1.82) is 0 Å². The number of amides is 1. The van der Waals surface area contributed by atoms with E-state index >= 15 is 0 Å².